The van der Waals surface area contributed by atoms with Crippen LogP contribution < -0.4 is 5.73 Å². The van der Waals surface area contributed by atoms with Crippen LogP contribution in [0, 0.1) is 5.92 Å². The van der Waals surface area contributed by atoms with E-state index in [2.05, 4.69) is 4.36 Å². The molecule has 0 saturated heterocycles. The van der Waals surface area contributed by atoms with Crippen LogP contribution in [0.2, 0.25) is 0 Å². The average molecular weight is 286 g/mol. The summed E-state index contributed by atoms with van der Waals surface area (Å²) in [4.78, 5) is 1.50. The Kier molecular flexibility index (Phi) is 3.49. The first-order chi connectivity index (χ1) is 9.68. The van der Waals surface area contributed by atoms with Crippen molar-refractivity contribution in [2.75, 3.05) is 12.3 Å². The van der Waals surface area contributed by atoms with Crippen LogP contribution >= 0.6 is 0 Å². The molecule has 1 aliphatic rings. The zero-order valence-electron chi connectivity index (χ0n) is 11.2. The van der Waals surface area contributed by atoms with Crippen LogP contribution in [-0.2, 0) is 9.73 Å². The normalized spacial score (nSPS) is 17.4. The lowest BCUT2D eigenvalue weighted by atomic mass is 10.3. The van der Waals surface area contributed by atoms with Gasteiger partial charge in [-0.15, -0.1) is 0 Å². The fraction of sp³-hybridized carbons (Fsp3) is 0.250. The molecule has 0 radical (unpaired) electrons. The highest BCUT2D eigenvalue weighted by atomic mass is 32.2. The van der Waals surface area contributed by atoms with Crippen LogP contribution in [0.15, 0.2) is 68.8 Å². The molecule has 0 spiro atoms. The van der Waals surface area contributed by atoms with Crippen molar-refractivity contribution < 1.29 is 4.21 Å². The number of benzene rings is 2. The zero-order valence-corrected chi connectivity index (χ0v) is 12.1. The first-order valence-electron chi connectivity index (χ1n) is 6.82. The van der Waals surface area contributed by atoms with Crippen LogP contribution in [0.4, 0.5) is 5.69 Å². The monoisotopic (exact) mass is 286 g/mol. The minimum atomic E-state index is -2.55. The van der Waals surface area contributed by atoms with E-state index in [1.807, 2.05) is 42.5 Å². The van der Waals surface area contributed by atoms with Crippen molar-refractivity contribution >= 4 is 15.4 Å². The molecule has 0 aromatic heterocycles. The lowest BCUT2D eigenvalue weighted by Crippen LogP contribution is -2.04. The maximum atomic E-state index is 13.4. The van der Waals surface area contributed by atoms with Gasteiger partial charge < -0.3 is 5.73 Å². The van der Waals surface area contributed by atoms with Gasteiger partial charge in [-0.2, -0.15) is 0 Å². The van der Waals surface area contributed by atoms with E-state index in [4.69, 9.17) is 5.73 Å². The fourth-order valence-electron chi connectivity index (χ4n) is 2.05. The average Bonchev–Trinajstić information content (AvgIpc) is 3.31. The first-order valence-corrected chi connectivity index (χ1v) is 8.33. The largest absolute Gasteiger partial charge is 0.399 e. The van der Waals surface area contributed by atoms with Gasteiger partial charge in [-0.25, -0.2) is 8.57 Å². The summed E-state index contributed by atoms with van der Waals surface area (Å²) in [5, 5.41) is 0. The van der Waals surface area contributed by atoms with Crippen molar-refractivity contribution in [1.82, 2.24) is 0 Å². The summed E-state index contributed by atoms with van der Waals surface area (Å²) in [6.07, 6.45) is 2.41. The van der Waals surface area contributed by atoms with Gasteiger partial charge in [-0.1, -0.05) is 18.2 Å². The van der Waals surface area contributed by atoms with Crippen molar-refractivity contribution in [2.24, 2.45) is 10.3 Å². The quantitative estimate of drug-likeness (QED) is 0.874. The van der Waals surface area contributed by atoms with Crippen LogP contribution in [-0.4, -0.2) is 10.8 Å². The molecule has 0 aliphatic heterocycles. The van der Waals surface area contributed by atoms with Crippen LogP contribution in [0.25, 0.3) is 0 Å². The van der Waals surface area contributed by atoms with Crippen molar-refractivity contribution in [3.8, 4) is 0 Å². The third-order valence-corrected chi connectivity index (χ3v) is 5.81. The molecule has 0 heterocycles. The van der Waals surface area contributed by atoms with Gasteiger partial charge >= 0.3 is 0 Å². The van der Waals surface area contributed by atoms with Gasteiger partial charge in [0.1, 0.15) is 9.73 Å². The molecule has 104 valence electrons. The lowest BCUT2D eigenvalue weighted by molar-refractivity contribution is 0.672. The van der Waals surface area contributed by atoms with E-state index in [1.165, 1.54) is 12.8 Å². The number of rotatable bonds is 4. The summed E-state index contributed by atoms with van der Waals surface area (Å²) >= 11 is 0. The second-order valence-corrected chi connectivity index (χ2v) is 7.42. The highest BCUT2D eigenvalue weighted by Gasteiger charge is 2.23. The summed E-state index contributed by atoms with van der Waals surface area (Å²) < 4.78 is 18.0. The number of nitrogens with two attached hydrogens (primary N) is 1. The van der Waals surface area contributed by atoms with E-state index in [0.717, 1.165) is 9.79 Å². The molecule has 2 aromatic carbocycles. The summed E-state index contributed by atoms with van der Waals surface area (Å²) in [6, 6.07) is 16.7. The second kappa shape index (κ2) is 5.29. The minimum absolute atomic E-state index is 0.619. The van der Waals surface area contributed by atoms with E-state index in [0.29, 0.717) is 18.2 Å². The van der Waals surface area contributed by atoms with E-state index >= 15 is 0 Å². The Hall–Kier alpha value is -1.81. The summed E-state index contributed by atoms with van der Waals surface area (Å²) in [5.41, 5.74) is 6.39. The molecule has 0 bridgehead atoms. The molecule has 3 rings (SSSR count). The lowest BCUT2D eigenvalue weighted by Gasteiger charge is -2.11. The Bertz CT molecular complexity index is 697. The molecule has 0 amide bonds. The number of nitrogen functional groups attached to an aromatic ring is 1. The number of hydrogen-bond donors (Lipinski definition) is 1. The summed E-state index contributed by atoms with van der Waals surface area (Å²) in [6.45, 7) is 0.679. The first kappa shape index (κ1) is 13.2. The number of nitrogens with zero attached hydrogens (tertiary/aromatic N) is 1. The Morgan fingerprint density at radius 1 is 1.00 bits per heavy atom. The van der Waals surface area contributed by atoms with E-state index < -0.39 is 9.73 Å². The van der Waals surface area contributed by atoms with Gasteiger partial charge in [0.15, 0.2) is 0 Å². The number of anilines is 1. The molecule has 2 N–H and O–H groups in total. The molecule has 1 saturated carbocycles. The Labute approximate surface area is 120 Å². The molecular weight excluding hydrogens is 268 g/mol. The van der Waals surface area contributed by atoms with Crippen molar-refractivity contribution in [1.29, 1.82) is 0 Å². The SMILES string of the molecule is Nc1ccc(S(=O)(=NCC2CC2)c2ccccc2)cc1. The molecular formula is C16H18N2OS. The third kappa shape index (κ3) is 2.70. The van der Waals surface area contributed by atoms with Crippen molar-refractivity contribution in [2.45, 2.75) is 22.6 Å². The predicted molar refractivity (Wildman–Crippen MR) is 82.0 cm³/mol. The van der Waals surface area contributed by atoms with E-state index in [-0.39, 0.29) is 0 Å². The smallest absolute Gasteiger partial charge is 0.104 e. The van der Waals surface area contributed by atoms with E-state index in [1.54, 1.807) is 12.1 Å². The Morgan fingerprint density at radius 2 is 1.60 bits per heavy atom. The molecule has 1 aliphatic carbocycles. The maximum absolute atomic E-state index is 13.4. The summed E-state index contributed by atoms with van der Waals surface area (Å²) in [7, 11) is -2.55. The van der Waals surface area contributed by atoms with E-state index in [9.17, 15) is 4.21 Å². The standard InChI is InChI=1S/C16H18N2OS/c17-14-8-10-16(11-9-14)20(19,18-12-13-6-7-13)15-4-2-1-3-5-15/h1-5,8-11,13H,6-7,12,17H2. The molecule has 4 heteroatoms. The molecule has 1 fully saturated rings. The highest BCUT2D eigenvalue weighted by Crippen LogP contribution is 2.31. The third-order valence-electron chi connectivity index (χ3n) is 3.47. The molecule has 1 atom stereocenters. The number of hydrogen-bond acceptors (Lipinski definition) is 3. The van der Waals surface area contributed by atoms with Gasteiger partial charge in [-0.3, -0.25) is 0 Å². The maximum Gasteiger partial charge on any atom is 0.104 e. The fourth-order valence-corrected chi connectivity index (χ4v) is 4.08. The van der Waals surface area contributed by atoms with Gasteiger partial charge in [-0.05, 0) is 55.2 Å². The van der Waals surface area contributed by atoms with Gasteiger partial charge in [0.05, 0.1) is 16.3 Å². The topological polar surface area (TPSA) is 55.5 Å². The highest BCUT2D eigenvalue weighted by molar-refractivity contribution is 7.93. The van der Waals surface area contributed by atoms with Gasteiger partial charge in [0.2, 0.25) is 0 Å². The van der Waals surface area contributed by atoms with Gasteiger partial charge in [0.25, 0.3) is 0 Å². The second-order valence-electron chi connectivity index (χ2n) is 5.16. The van der Waals surface area contributed by atoms with Crippen LogP contribution in [0.5, 0.6) is 0 Å². The Morgan fingerprint density at radius 3 is 2.20 bits per heavy atom. The van der Waals surface area contributed by atoms with Gasteiger partial charge in [0, 0.05) is 5.69 Å². The van der Waals surface area contributed by atoms with Crippen molar-refractivity contribution in [3.05, 3.63) is 54.6 Å². The minimum Gasteiger partial charge on any atom is -0.399 e. The van der Waals surface area contributed by atoms with Crippen molar-refractivity contribution in [3.63, 3.8) is 0 Å². The van der Waals surface area contributed by atoms with Crippen LogP contribution in [0.1, 0.15) is 12.8 Å². The molecule has 3 nitrogen and oxygen atoms in total. The predicted octanol–water partition coefficient (Wildman–Crippen LogP) is 3.56. The summed E-state index contributed by atoms with van der Waals surface area (Å²) in [5.74, 6) is 0.619. The van der Waals surface area contributed by atoms with Crippen LogP contribution in [0.3, 0.4) is 0 Å². The molecule has 1 unspecified atom stereocenters. The zero-order chi connectivity index (χ0) is 14.0. The molecule has 2 aromatic rings. The Balaban J connectivity index is 2.09. The molecule has 20 heavy (non-hydrogen) atoms.